The quantitative estimate of drug-likeness (QED) is 0.800. The van der Waals surface area contributed by atoms with E-state index >= 15 is 0 Å². The molecule has 4 heteroatoms. The zero-order valence-electron chi connectivity index (χ0n) is 12.5. The van der Waals surface area contributed by atoms with Gasteiger partial charge in [0, 0.05) is 64.4 Å². The molecule has 0 spiro atoms. The molecule has 0 aromatic rings. The predicted molar refractivity (Wildman–Crippen MR) is 79.6 cm³/mol. The number of piperazine rings is 2. The average molecular weight is 266 g/mol. The van der Waals surface area contributed by atoms with E-state index in [4.69, 9.17) is 0 Å². The van der Waals surface area contributed by atoms with Crippen LogP contribution in [0.3, 0.4) is 0 Å². The number of nitrogens with zero attached hydrogens (tertiary/aromatic N) is 3. The van der Waals surface area contributed by atoms with E-state index in [-0.39, 0.29) is 0 Å². The van der Waals surface area contributed by atoms with E-state index in [1.165, 1.54) is 78.2 Å². The summed E-state index contributed by atoms with van der Waals surface area (Å²) in [6, 6.07) is 1.58. The molecule has 3 saturated heterocycles. The molecule has 0 aromatic heterocycles. The minimum atomic E-state index is 0.720. The second-order valence-corrected chi connectivity index (χ2v) is 6.58. The maximum Gasteiger partial charge on any atom is 0.0223 e. The average Bonchev–Trinajstić information content (AvgIpc) is 2.48. The Morgan fingerprint density at radius 2 is 1.89 bits per heavy atom. The first kappa shape index (κ1) is 13.8. The SMILES string of the molecule is CC(CN1CCN2CCCCC2C1)N1CCNCC1. The van der Waals surface area contributed by atoms with Gasteiger partial charge in [-0.1, -0.05) is 6.42 Å². The summed E-state index contributed by atoms with van der Waals surface area (Å²) in [4.78, 5) is 8.11. The lowest BCUT2D eigenvalue weighted by Gasteiger charge is -2.45. The number of piperidine rings is 1. The minimum Gasteiger partial charge on any atom is -0.314 e. The summed E-state index contributed by atoms with van der Waals surface area (Å²) in [5.74, 6) is 0. The molecular formula is C15H30N4. The van der Waals surface area contributed by atoms with Gasteiger partial charge in [-0.2, -0.15) is 0 Å². The fourth-order valence-electron chi connectivity index (χ4n) is 4.00. The van der Waals surface area contributed by atoms with Crippen LogP contribution in [0.5, 0.6) is 0 Å². The van der Waals surface area contributed by atoms with E-state index in [1.807, 2.05) is 0 Å². The highest BCUT2D eigenvalue weighted by Crippen LogP contribution is 2.21. The Bertz CT molecular complexity index is 277. The highest BCUT2D eigenvalue weighted by Gasteiger charge is 2.30. The molecule has 3 aliphatic heterocycles. The fourth-order valence-corrected chi connectivity index (χ4v) is 4.00. The summed E-state index contributed by atoms with van der Waals surface area (Å²) in [5.41, 5.74) is 0. The van der Waals surface area contributed by atoms with Crippen molar-refractivity contribution in [2.45, 2.75) is 38.3 Å². The van der Waals surface area contributed by atoms with Crippen LogP contribution in [0.4, 0.5) is 0 Å². The number of fused-ring (bicyclic) bond motifs is 1. The standard InChI is InChI=1S/C15H30N4/c1-14(18-8-5-16-6-9-18)12-17-10-11-19-7-3-2-4-15(19)13-17/h14-16H,2-13H2,1H3. The lowest BCUT2D eigenvalue weighted by atomic mass is 9.99. The van der Waals surface area contributed by atoms with Crippen molar-refractivity contribution >= 4 is 0 Å². The van der Waals surface area contributed by atoms with Crippen molar-refractivity contribution in [3.63, 3.8) is 0 Å². The third kappa shape index (κ3) is 3.48. The van der Waals surface area contributed by atoms with Crippen molar-refractivity contribution in [3.8, 4) is 0 Å². The molecule has 2 unspecified atom stereocenters. The molecule has 0 aromatic carbocycles. The van der Waals surface area contributed by atoms with Crippen molar-refractivity contribution in [1.29, 1.82) is 0 Å². The van der Waals surface area contributed by atoms with Crippen LogP contribution in [0.2, 0.25) is 0 Å². The molecule has 1 N–H and O–H groups in total. The Hall–Kier alpha value is -0.160. The highest BCUT2D eigenvalue weighted by atomic mass is 15.3. The third-order valence-corrected chi connectivity index (χ3v) is 5.22. The Morgan fingerprint density at radius 3 is 2.74 bits per heavy atom. The summed E-state index contributed by atoms with van der Waals surface area (Å²) < 4.78 is 0. The largest absolute Gasteiger partial charge is 0.314 e. The number of hydrogen-bond acceptors (Lipinski definition) is 4. The van der Waals surface area contributed by atoms with Gasteiger partial charge in [0.05, 0.1) is 0 Å². The van der Waals surface area contributed by atoms with Crippen molar-refractivity contribution in [1.82, 2.24) is 20.0 Å². The molecular weight excluding hydrogens is 236 g/mol. The highest BCUT2D eigenvalue weighted by molar-refractivity contribution is 4.87. The van der Waals surface area contributed by atoms with Crippen LogP contribution < -0.4 is 5.32 Å². The lowest BCUT2D eigenvalue weighted by Crippen LogP contribution is -2.58. The smallest absolute Gasteiger partial charge is 0.0223 e. The third-order valence-electron chi connectivity index (χ3n) is 5.22. The van der Waals surface area contributed by atoms with Crippen LogP contribution in [0.1, 0.15) is 26.2 Å². The first-order chi connectivity index (χ1) is 9.33. The predicted octanol–water partition coefficient (Wildman–Crippen LogP) is 0.450. The van der Waals surface area contributed by atoms with Gasteiger partial charge < -0.3 is 5.32 Å². The molecule has 2 atom stereocenters. The Morgan fingerprint density at radius 1 is 1.05 bits per heavy atom. The Balaban J connectivity index is 1.47. The van der Waals surface area contributed by atoms with E-state index in [0.29, 0.717) is 0 Å². The zero-order valence-corrected chi connectivity index (χ0v) is 12.5. The molecule has 110 valence electrons. The molecule has 0 amide bonds. The van der Waals surface area contributed by atoms with E-state index < -0.39 is 0 Å². The van der Waals surface area contributed by atoms with Crippen LogP contribution >= 0.6 is 0 Å². The number of nitrogens with one attached hydrogen (secondary N) is 1. The summed E-state index contributed by atoms with van der Waals surface area (Å²) in [7, 11) is 0. The monoisotopic (exact) mass is 266 g/mol. The Kier molecular flexibility index (Phi) is 4.74. The molecule has 19 heavy (non-hydrogen) atoms. The van der Waals surface area contributed by atoms with Crippen LogP contribution in [0, 0.1) is 0 Å². The van der Waals surface area contributed by atoms with Crippen molar-refractivity contribution < 1.29 is 0 Å². The van der Waals surface area contributed by atoms with Crippen molar-refractivity contribution in [3.05, 3.63) is 0 Å². The summed E-state index contributed by atoms with van der Waals surface area (Å²) in [6.45, 7) is 13.7. The van der Waals surface area contributed by atoms with Crippen molar-refractivity contribution in [2.24, 2.45) is 0 Å². The van der Waals surface area contributed by atoms with Gasteiger partial charge in [0.1, 0.15) is 0 Å². The zero-order chi connectivity index (χ0) is 13.1. The summed E-state index contributed by atoms with van der Waals surface area (Å²) >= 11 is 0. The van der Waals surface area contributed by atoms with Gasteiger partial charge in [0.2, 0.25) is 0 Å². The summed E-state index contributed by atoms with van der Waals surface area (Å²) in [6.07, 6.45) is 4.30. The van der Waals surface area contributed by atoms with Crippen LogP contribution in [-0.2, 0) is 0 Å². The molecule has 0 radical (unpaired) electrons. The molecule has 3 rings (SSSR count). The van der Waals surface area contributed by atoms with E-state index in [1.54, 1.807) is 0 Å². The summed E-state index contributed by atoms with van der Waals surface area (Å²) in [5, 5.41) is 3.45. The first-order valence-electron chi connectivity index (χ1n) is 8.24. The van der Waals surface area contributed by atoms with Gasteiger partial charge in [-0.05, 0) is 26.3 Å². The van der Waals surface area contributed by atoms with Crippen molar-refractivity contribution in [2.75, 3.05) is 58.9 Å². The maximum atomic E-state index is 3.45. The van der Waals surface area contributed by atoms with Gasteiger partial charge in [-0.3, -0.25) is 14.7 Å². The van der Waals surface area contributed by atoms with Gasteiger partial charge in [-0.25, -0.2) is 0 Å². The van der Waals surface area contributed by atoms with Crippen LogP contribution in [-0.4, -0.2) is 85.7 Å². The second kappa shape index (κ2) is 6.53. The second-order valence-electron chi connectivity index (χ2n) is 6.58. The Labute approximate surface area is 118 Å². The molecule has 3 heterocycles. The topological polar surface area (TPSA) is 21.8 Å². The van der Waals surface area contributed by atoms with Gasteiger partial charge in [-0.15, -0.1) is 0 Å². The molecule has 0 saturated carbocycles. The maximum absolute atomic E-state index is 3.45. The molecule has 0 bridgehead atoms. The number of rotatable bonds is 3. The van der Waals surface area contributed by atoms with Crippen LogP contribution in [0.25, 0.3) is 0 Å². The van der Waals surface area contributed by atoms with Gasteiger partial charge in [0.15, 0.2) is 0 Å². The van der Waals surface area contributed by atoms with E-state index in [0.717, 1.165) is 12.1 Å². The van der Waals surface area contributed by atoms with E-state index in [9.17, 15) is 0 Å². The molecule has 4 nitrogen and oxygen atoms in total. The molecule has 3 fully saturated rings. The van der Waals surface area contributed by atoms with Gasteiger partial charge >= 0.3 is 0 Å². The fraction of sp³-hybridized carbons (Fsp3) is 1.00. The first-order valence-corrected chi connectivity index (χ1v) is 8.24. The molecule has 3 aliphatic rings. The number of hydrogen-bond donors (Lipinski definition) is 1. The van der Waals surface area contributed by atoms with E-state index in [2.05, 4.69) is 26.9 Å². The van der Waals surface area contributed by atoms with Crippen LogP contribution in [0.15, 0.2) is 0 Å². The minimum absolute atomic E-state index is 0.720. The molecule has 0 aliphatic carbocycles. The lowest BCUT2D eigenvalue weighted by molar-refractivity contribution is 0.0332. The normalized spacial score (nSPS) is 33.0. The van der Waals surface area contributed by atoms with Gasteiger partial charge in [0.25, 0.3) is 0 Å².